The van der Waals surface area contributed by atoms with Gasteiger partial charge < -0.3 is 15.2 Å². The number of methoxy groups -OCH3 is 1. The van der Waals surface area contributed by atoms with Gasteiger partial charge in [0.2, 0.25) is 5.91 Å². The van der Waals surface area contributed by atoms with Crippen LogP contribution in [-0.2, 0) is 19.1 Å². The Morgan fingerprint density at radius 2 is 1.79 bits per heavy atom. The number of aliphatic carboxylic acids is 1. The van der Waals surface area contributed by atoms with Crippen molar-refractivity contribution in [3.63, 3.8) is 0 Å². The SMILES string of the molecule is COC(=O)CC[C@H](NC(=O)CCC(C)(C)C)C(=O)O. The van der Waals surface area contributed by atoms with Gasteiger partial charge in [0.15, 0.2) is 0 Å². The molecule has 1 atom stereocenters. The normalized spacial score (nSPS) is 12.6. The van der Waals surface area contributed by atoms with Gasteiger partial charge in [0.25, 0.3) is 0 Å². The Balaban J connectivity index is 4.23. The molecule has 110 valence electrons. The zero-order valence-corrected chi connectivity index (χ0v) is 12.0. The second-order valence-electron chi connectivity index (χ2n) is 5.63. The minimum atomic E-state index is -1.15. The van der Waals surface area contributed by atoms with Crippen molar-refractivity contribution in [1.29, 1.82) is 0 Å². The van der Waals surface area contributed by atoms with Crippen molar-refractivity contribution in [1.82, 2.24) is 5.32 Å². The Hall–Kier alpha value is -1.59. The Kier molecular flexibility index (Phi) is 7.11. The van der Waals surface area contributed by atoms with Gasteiger partial charge in [-0.2, -0.15) is 0 Å². The number of esters is 1. The fourth-order valence-electron chi connectivity index (χ4n) is 1.38. The lowest BCUT2D eigenvalue weighted by atomic mass is 9.90. The first kappa shape index (κ1) is 17.4. The van der Waals surface area contributed by atoms with E-state index >= 15 is 0 Å². The molecule has 0 aromatic rings. The lowest BCUT2D eigenvalue weighted by Gasteiger charge is -2.19. The quantitative estimate of drug-likeness (QED) is 0.683. The van der Waals surface area contributed by atoms with Gasteiger partial charge in [0.1, 0.15) is 6.04 Å². The maximum Gasteiger partial charge on any atom is 0.326 e. The molecule has 0 rings (SSSR count). The Morgan fingerprint density at radius 3 is 2.21 bits per heavy atom. The summed E-state index contributed by atoms with van der Waals surface area (Å²) in [7, 11) is 1.24. The van der Waals surface area contributed by atoms with E-state index in [-0.39, 0.29) is 30.6 Å². The number of carbonyl (C=O) groups excluding carboxylic acids is 2. The summed E-state index contributed by atoms with van der Waals surface area (Å²) in [6.07, 6.45) is 0.934. The molecule has 0 radical (unpaired) electrons. The van der Waals surface area contributed by atoms with Crippen molar-refractivity contribution in [3.8, 4) is 0 Å². The van der Waals surface area contributed by atoms with Gasteiger partial charge in [-0.05, 0) is 18.3 Å². The number of amides is 1. The first-order chi connectivity index (χ1) is 8.65. The Labute approximate surface area is 113 Å². The van der Waals surface area contributed by atoms with Gasteiger partial charge in [-0.3, -0.25) is 9.59 Å². The molecule has 6 nitrogen and oxygen atoms in total. The van der Waals surface area contributed by atoms with Gasteiger partial charge in [-0.15, -0.1) is 0 Å². The summed E-state index contributed by atoms with van der Waals surface area (Å²) in [6.45, 7) is 6.02. The van der Waals surface area contributed by atoms with Crippen LogP contribution in [0.3, 0.4) is 0 Å². The second kappa shape index (κ2) is 7.76. The van der Waals surface area contributed by atoms with E-state index in [1.165, 1.54) is 7.11 Å². The van der Waals surface area contributed by atoms with Crippen LogP contribution in [0.1, 0.15) is 46.5 Å². The van der Waals surface area contributed by atoms with E-state index in [0.717, 1.165) is 0 Å². The fourth-order valence-corrected chi connectivity index (χ4v) is 1.38. The van der Waals surface area contributed by atoms with Crippen molar-refractivity contribution in [2.24, 2.45) is 5.41 Å². The molecule has 19 heavy (non-hydrogen) atoms. The molecule has 0 aliphatic rings. The van der Waals surface area contributed by atoms with Crippen molar-refractivity contribution < 1.29 is 24.2 Å². The fraction of sp³-hybridized carbons (Fsp3) is 0.769. The molecule has 0 bridgehead atoms. The molecule has 0 aromatic carbocycles. The van der Waals surface area contributed by atoms with Crippen LogP contribution in [0.2, 0.25) is 0 Å². The van der Waals surface area contributed by atoms with Crippen LogP contribution in [0.15, 0.2) is 0 Å². The zero-order valence-electron chi connectivity index (χ0n) is 12.0. The highest BCUT2D eigenvalue weighted by atomic mass is 16.5. The first-order valence-electron chi connectivity index (χ1n) is 6.24. The van der Waals surface area contributed by atoms with Crippen molar-refractivity contribution in [2.45, 2.75) is 52.5 Å². The molecular formula is C13H23NO5. The largest absolute Gasteiger partial charge is 0.480 e. The number of rotatable bonds is 7. The lowest BCUT2D eigenvalue weighted by Crippen LogP contribution is -2.41. The third-order valence-corrected chi connectivity index (χ3v) is 2.60. The third kappa shape index (κ3) is 9.04. The van der Waals surface area contributed by atoms with Crippen LogP contribution in [0.5, 0.6) is 0 Å². The smallest absolute Gasteiger partial charge is 0.326 e. The molecule has 0 fully saturated rings. The number of carboxylic acids is 1. The average Bonchev–Trinajstić information content (AvgIpc) is 2.30. The summed E-state index contributed by atoms with van der Waals surface area (Å²) in [4.78, 5) is 33.6. The van der Waals surface area contributed by atoms with E-state index in [1.807, 2.05) is 20.8 Å². The highest BCUT2D eigenvalue weighted by molar-refractivity contribution is 5.84. The van der Waals surface area contributed by atoms with Crippen LogP contribution in [-0.4, -0.2) is 36.1 Å². The number of ether oxygens (including phenoxy) is 1. The van der Waals surface area contributed by atoms with E-state index in [2.05, 4.69) is 10.1 Å². The second-order valence-corrected chi connectivity index (χ2v) is 5.63. The van der Waals surface area contributed by atoms with E-state index < -0.39 is 18.0 Å². The number of carboxylic acid groups (broad SMARTS) is 1. The molecule has 2 N–H and O–H groups in total. The van der Waals surface area contributed by atoms with Gasteiger partial charge in [0.05, 0.1) is 7.11 Å². The number of hydrogen-bond acceptors (Lipinski definition) is 4. The molecule has 0 saturated carbocycles. The summed E-state index contributed by atoms with van der Waals surface area (Å²) < 4.78 is 4.43. The minimum absolute atomic E-state index is 0.0159. The molecule has 0 aliphatic carbocycles. The van der Waals surface area contributed by atoms with Crippen molar-refractivity contribution >= 4 is 17.8 Å². The molecule has 0 saturated heterocycles. The summed E-state index contributed by atoms with van der Waals surface area (Å²) >= 11 is 0. The maximum absolute atomic E-state index is 11.6. The molecule has 6 heteroatoms. The third-order valence-electron chi connectivity index (χ3n) is 2.60. The van der Waals surface area contributed by atoms with Gasteiger partial charge >= 0.3 is 11.9 Å². The summed E-state index contributed by atoms with van der Waals surface area (Å²) in [6, 6.07) is -1.05. The Morgan fingerprint density at radius 1 is 1.21 bits per heavy atom. The molecule has 0 unspecified atom stereocenters. The van der Waals surface area contributed by atoms with Gasteiger partial charge in [-0.25, -0.2) is 4.79 Å². The lowest BCUT2D eigenvalue weighted by molar-refractivity contribution is -0.144. The maximum atomic E-state index is 11.6. The molecular weight excluding hydrogens is 250 g/mol. The first-order valence-corrected chi connectivity index (χ1v) is 6.24. The molecule has 0 heterocycles. The number of nitrogens with one attached hydrogen (secondary N) is 1. The average molecular weight is 273 g/mol. The van der Waals surface area contributed by atoms with Gasteiger partial charge in [-0.1, -0.05) is 20.8 Å². The van der Waals surface area contributed by atoms with Crippen molar-refractivity contribution in [3.05, 3.63) is 0 Å². The highest BCUT2D eigenvalue weighted by Crippen LogP contribution is 2.20. The summed E-state index contributed by atoms with van der Waals surface area (Å²) in [5.74, 6) is -1.95. The summed E-state index contributed by atoms with van der Waals surface area (Å²) in [5.41, 5.74) is 0.0159. The molecule has 0 aliphatic heterocycles. The number of carbonyl (C=O) groups is 3. The van der Waals surface area contributed by atoms with Crippen LogP contribution < -0.4 is 5.32 Å². The van der Waals surface area contributed by atoms with Crippen LogP contribution >= 0.6 is 0 Å². The minimum Gasteiger partial charge on any atom is -0.480 e. The van der Waals surface area contributed by atoms with Gasteiger partial charge in [0, 0.05) is 12.8 Å². The summed E-state index contributed by atoms with van der Waals surface area (Å²) in [5, 5.41) is 11.4. The monoisotopic (exact) mass is 273 g/mol. The zero-order chi connectivity index (χ0) is 15.1. The standard InChI is InChI=1S/C13H23NO5/c1-13(2,3)8-7-10(15)14-9(12(17)18)5-6-11(16)19-4/h9H,5-8H2,1-4H3,(H,14,15)(H,17,18)/t9-/m0/s1. The predicted octanol–water partition coefficient (Wildman–Crippen LogP) is 1.34. The van der Waals surface area contributed by atoms with Crippen LogP contribution in [0.25, 0.3) is 0 Å². The molecule has 1 amide bonds. The highest BCUT2D eigenvalue weighted by Gasteiger charge is 2.22. The molecule has 0 aromatic heterocycles. The van der Waals surface area contributed by atoms with E-state index in [1.54, 1.807) is 0 Å². The van der Waals surface area contributed by atoms with E-state index in [4.69, 9.17) is 5.11 Å². The topological polar surface area (TPSA) is 92.7 Å². The molecule has 0 spiro atoms. The number of hydrogen-bond donors (Lipinski definition) is 2. The van der Waals surface area contributed by atoms with E-state index in [9.17, 15) is 14.4 Å². The van der Waals surface area contributed by atoms with Crippen LogP contribution in [0.4, 0.5) is 0 Å². The van der Waals surface area contributed by atoms with Crippen molar-refractivity contribution in [2.75, 3.05) is 7.11 Å². The van der Waals surface area contributed by atoms with Crippen LogP contribution in [0, 0.1) is 5.41 Å². The van der Waals surface area contributed by atoms with E-state index in [0.29, 0.717) is 6.42 Å². The predicted molar refractivity (Wildman–Crippen MR) is 69.5 cm³/mol. The Bertz CT molecular complexity index is 332.